The fourth-order valence-electron chi connectivity index (χ4n) is 3.32. The lowest BCUT2D eigenvalue weighted by atomic mass is 9.78. The molecule has 1 aromatic rings. The van der Waals surface area contributed by atoms with Crippen molar-refractivity contribution in [1.29, 1.82) is 0 Å². The lowest BCUT2D eigenvalue weighted by Crippen LogP contribution is -2.52. The summed E-state index contributed by atoms with van der Waals surface area (Å²) in [6.07, 6.45) is 4.80. The van der Waals surface area contributed by atoms with Crippen LogP contribution in [0.1, 0.15) is 31.9 Å². The molecule has 110 valence electrons. The van der Waals surface area contributed by atoms with Gasteiger partial charge in [0.05, 0.1) is 17.9 Å². The van der Waals surface area contributed by atoms with Gasteiger partial charge in [-0.3, -0.25) is 0 Å². The van der Waals surface area contributed by atoms with Gasteiger partial charge in [0.25, 0.3) is 0 Å². The molecule has 2 fully saturated rings. The van der Waals surface area contributed by atoms with Crippen LogP contribution in [0.4, 0.5) is 5.82 Å². The van der Waals surface area contributed by atoms with E-state index in [0.717, 1.165) is 31.0 Å². The molecule has 1 aliphatic heterocycles. The van der Waals surface area contributed by atoms with Crippen LogP contribution < -0.4 is 4.90 Å². The van der Waals surface area contributed by atoms with Crippen LogP contribution >= 0.6 is 0 Å². The number of hydrogen-bond donors (Lipinski definition) is 1. The van der Waals surface area contributed by atoms with Gasteiger partial charge in [-0.1, -0.05) is 6.92 Å². The fraction of sp³-hybridized carbons (Fsp3) is 0.733. The fourth-order valence-corrected chi connectivity index (χ4v) is 3.32. The van der Waals surface area contributed by atoms with Crippen LogP contribution in [0.15, 0.2) is 12.4 Å². The number of ether oxygens (including phenoxy) is 1. The minimum absolute atomic E-state index is 0.282. The molecular weight excluding hydrogens is 254 g/mol. The maximum Gasteiger partial charge on any atom is 0.132 e. The van der Waals surface area contributed by atoms with E-state index < -0.39 is 5.60 Å². The lowest BCUT2D eigenvalue weighted by Gasteiger charge is -2.44. The van der Waals surface area contributed by atoms with Gasteiger partial charge in [-0.2, -0.15) is 0 Å². The highest BCUT2D eigenvalue weighted by molar-refractivity contribution is 5.40. The van der Waals surface area contributed by atoms with Crippen LogP contribution in [-0.4, -0.2) is 40.9 Å². The summed E-state index contributed by atoms with van der Waals surface area (Å²) in [5.41, 5.74) is 0.437. The van der Waals surface area contributed by atoms with Gasteiger partial charge in [-0.25, -0.2) is 9.97 Å². The summed E-state index contributed by atoms with van der Waals surface area (Å²) in [4.78, 5) is 10.8. The molecule has 2 aliphatic rings. The zero-order valence-corrected chi connectivity index (χ0v) is 12.2. The van der Waals surface area contributed by atoms with Crippen LogP contribution in [0.3, 0.4) is 0 Å². The molecule has 0 bridgehead atoms. The van der Waals surface area contributed by atoms with Crippen molar-refractivity contribution in [2.24, 2.45) is 11.8 Å². The Bertz CT molecular complexity index is 478. The van der Waals surface area contributed by atoms with E-state index in [1.807, 2.05) is 6.07 Å². The molecule has 2 heterocycles. The normalized spacial score (nSPS) is 30.6. The highest BCUT2D eigenvalue weighted by Crippen LogP contribution is 2.47. The van der Waals surface area contributed by atoms with Crippen molar-refractivity contribution in [1.82, 2.24) is 9.97 Å². The molecule has 20 heavy (non-hydrogen) atoms. The maximum atomic E-state index is 10.8. The molecule has 0 amide bonds. The number of hydrogen-bond acceptors (Lipinski definition) is 5. The largest absolute Gasteiger partial charge is 0.389 e. The van der Waals surface area contributed by atoms with Crippen LogP contribution in [0.5, 0.6) is 0 Å². The standard InChI is InChI=1S/C15H23N3O2/c1-11-8-18(6-5-15(11,19)12-3-4-12)14-7-13(9-20-2)16-10-17-14/h7,10-12,19H,3-6,8-9H2,1-2H3. The van der Waals surface area contributed by atoms with E-state index in [2.05, 4.69) is 21.8 Å². The average Bonchev–Trinajstić information content (AvgIpc) is 3.27. The van der Waals surface area contributed by atoms with E-state index in [9.17, 15) is 5.11 Å². The molecule has 1 N–H and O–H groups in total. The Hall–Kier alpha value is -1.20. The van der Waals surface area contributed by atoms with Crippen LogP contribution in [-0.2, 0) is 11.3 Å². The van der Waals surface area contributed by atoms with Gasteiger partial charge < -0.3 is 14.7 Å². The van der Waals surface area contributed by atoms with Crippen molar-refractivity contribution in [3.8, 4) is 0 Å². The monoisotopic (exact) mass is 277 g/mol. The van der Waals surface area contributed by atoms with E-state index in [4.69, 9.17) is 4.74 Å². The molecule has 5 nitrogen and oxygen atoms in total. The third kappa shape index (κ3) is 2.52. The third-order valence-corrected chi connectivity index (χ3v) is 4.74. The van der Waals surface area contributed by atoms with Gasteiger partial charge in [0.15, 0.2) is 0 Å². The second kappa shape index (κ2) is 5.30. The number of anilines is 1. The van der Waals surface area contributed by atoms with Crippen LogP contribution in [0.25, 0.3) is 0 Å². The molecule has 1 aromatic heterocycles. The summed E-state index contributed by atoms with van der Waals surface area (Å²) in [7, 11) is 1.67. The van der Waals surface area contributed by atoms with Crippen molar-refractivity contribution < 1.29 is 9.84 Å². The SMILES string of the molecule is COCc1cc(N2CCC(O)(C3CC3)C(C)C2)ncn1. The summed E-state index contributed by atoms with van der Waals surface area (Å²) in [6, 6.07) is 1.98. The summed E-state index contributed by atoms with van der Waals surface area (Å²) in [6.45, 7) is 4.38. The molecule has 2 atom stereocenters. The molecule has 0 aromatic carbocycles. The topological polar surface area (TPSA) is 58.5 Å². The Labute approximate surface area is 120 Å². The molecule has 3 rings (SSSR count). The summed E-state index contributed by atoms with van der Waals surface area (Å²) in [5, 5.41) is 10.8. The van der Waals surface area contributed by atoms with Gasteiger partial charge in [0.1, 0.15) is 12.1 Å². The Morgan fingerprint density at radius 2 is 2.25 bits per heavy atom. The molecule has 2 unspecified atom stereocenters. The highest BCUT2D eigenvalue weighted by Gasteiger charge is 2.49. The van der Waals surface area contributed by atoms with Crippen molar-refractivity contribution >= 4 is 5.82 Å². The predicted molar refractivity (Wildman–Crippen MR) is 76.4 cm³/mol. The van der Waals surface area contributed by atoms with Crippen molar-refractivity contribution in [2.45, 2.75) is 38.4 Å². The van der Waals surface area contributed by atoms with Gasteiger partial charge in [0.2, 0.25) is 0 Å². The van der Waals surface area contributed by atoms with Crippen molar-refractivity contribution in [3.63, 3.8) is 0 Å². The minimum Gasteiger partial charge on any atom is -0.389 e. The van der Waals surface area contributed by atoms with Crippen LogP contribution in [0.2, 0.25) is 0 Å². The number of rotatable bonds is 4. The second-order valence-electron chi connectivity index (χ2n) is 6.16. The second-order valence-corrected chi connectivity index (χ2v) is 6.16. The molecule has 1 saturated heterocycles. The Kier molecular flexibility index (Phi) is 3.65. The first-order valence-corrected chi connectivity index (χ1v) is 7.40. The van der Waals surface area contributed by atoms with Gasteiger partial charge in [-0.05, 0) is 25.2 Å². The zero-order valence-electron chi connectivity index (χ0n) is 12.2. The first-order chi connectivity index (χ1) is 9.63. The Morgan fingerprint density at radius 3 is 2.90 bits per heavy atom. The molecule has 0 radical (unpaired) electrons. The lowest BCUT2D eigenvalue weighted by molar-refractivity contribution is -0.0470. The molecule has 1 aliphatic carbocycles. The van der Waals surface area contributed by atoms with Crippen molar-refractivity contribution in [2.75, 3.05) is 25.1 Å². The summed E-state index contributed by atoms with van der Waals surface area (Å²) < 4.78 is 5.12. The van der Waals surface area contributed by atoms with E-state index in [1.165, 1.54) is 12.8 Å². The van der Waals surface area contributed by atoms with E-state index in [-0.39, 0.29) is 5.92 Å². The zero-order chi connectivity index (χ0) is 14.2. The minimum atomic E-state index is -0.459. The molecule has 0 spiro atoms. The number of methoxy groups -OCH3 is 1. The average molecular weight is 277 g/mol. The summed E-state index contributed by atoms with van der Waals surface area (Å²) >= 11 is 0. The first kappa shape index (κ1) is 13.8. The first-order valence-electron chi connectivity index (χ1n) is 7.40. The number of aliphatic hydroxyl groups is 1. The Balaban J connectivity index is 1.71. The van der Waals surface area contributed by atoms with E-state index in [1.54, 1.807) is 13.4 Å². The highest BCUT2D eigenvalue weighted by atomic mass is 16.5. The number of piperidine rings is 1. The molecule has 5 heteroatoms. The quantitative estimate of drug-likeness (QED) is 0.906. The van der Waals surface area contributed by atoms with Gasteiger partial charge in [-0.15, -0.1) is 0 Å². The van der Waals surface area contributed by atoms with Crippen molar-refractivity contribution in [3.05, 3.63) is 18.1 Å². The molecular formula is C15H23N3O2. The number of nitrogens with zero attached hydrogens (tertiary/aromatic N) is 3. The third-order valence-electron chi connectivity index (χ3n) is 4.74. The maximum absolute atomic E-state index is 10.8. The number of aromatic nitrogens is 2. The summed E-state index contributed by atoms with van der Waals surface area (Å²) in [5.74, 6) is 1.75. The van der Waals surface area contributed by atoms with Gasteiger partial charge >= 0.3 is 0 Å². The smallest absolute Gasteiger partial charge is 0.132 e. The predicted octanol–water partition coefficient (Wildman–Crippen LogP) is 1.61. The van der Waals surface area contributed by atoms with Crippen LogP contribution in [0, 0.1) is 11.8 Å². The van der Waals surface area contributed by atoms with E-state index >= 15 is 0 Å². The molecule has 1 saturated carbocycles. The van der Waals surface area contributed by atoms with Gasteiger partial charge in [0, 0.05) is 32.2 Å². The Morgan fingerprint density at radius 1 is 1.45 bits per heavy atom. The van der Waals surface area contributed by atoms with E-state index in [0.29, 0.717) is 12.5 Å².